The Hall–Kier alpha value is -3.08. The zero-order valence-electron chi connectivity index (χ0n) is 13.8. The van der Waals surface area contributed by atoms with Crippen molar-refractivity contribution >= 4 is 28.5 Å². The SMILES string of the molecule is C[C@@H]1Cc2ccccc2N1C(=O)COC(=O)c1cc2ccccc2o1. The van der Waals surface area contributed by atoms with Crippen molar-refractivity contribution < 1.29 is 18.7 Å². The summed E-state index contributed by atoms with van der Waals surface area (Å²) < 4.78 is 10.6. The number of amides is 1. The summed E-state index contributed by atoms with van der Waals surface area (Å²) in [5, 5.41) is 0.822. The van der Waals surface area contributed by atoms with Crippen molar-refractivity contribution in [3.8, 4) is 0 Å². The third kappa shape index (κ3) is 2.78. The molecule has 1 aliphatic rings. The van der Waals surface area contributed by atoms with Crippen LogP contribution in [0.25, 0.3) is 11.0 Å². The van der Waals surface area contributed by atoms with Crippen molar-refractivity contribution in [1.82, 2.24) is 0 Å². The Morgan fingerprint density at radius 2 is 1.92 bits per heavy atom. The molecule has 1 atom stereocenters. The molecule has 0 spiro atoms. The molecular formula is C20H17NO4. The van der Waals surface area contributed by atoms with Crippen LogP contribution in [0.15, 0.2) is 59.0 Å². The van der Waals surface area contributed by atoms with Gasteiger partial charge in [-0.25, -0.2) is 4.79 Å². The number of rotatable bonds is 3. The number of hydrogen-bond donors (Lipinski definition) is 0. The molecule has 0 bridgehead atoms. The van der Waals surface area contributed by atoms with Crippen molar-refractivity contribution in [3.63, 3.8) is 0 Å². The van der Waals surface area contributed by atoms with E-state index in [0.717, 1.165) is 23.1 Å². The van der Waals surface area contributed by atoms with Gasteiger partial charge in [-0.1, -0.05) is 36.4 Å². The van der Waals surface area contributed by atoms with Crippen LogP contribution in [0.2, 0.25) is 0 Å². The largest absolute Gasteiger partial charge is 0.450 e. The summed E-state index contributed by atoms with van der Waals surface area (Å²) in [6.45, 7) is 1.67. The zero-order chi connectivity index (χ0) is 17.4. The first-order valence-electron chi connectivity index (χ1n) is 8.19. The predicted octanol–water partition coefficient (Wildman–Crippen LogP) is 3.57. The first kappa shape index (κ1) is 15.4. The molecule has 1 amide bonds. The van der Waals surface area contributed by atoms with Crippen LogP contribution in [-0.4, -0.2) is 24.5 Å². The van der Waals surface area contributed by atoms with Gasteiger partial charge in [0.2, 0.25) is 5.76 Å². The Morgan fingerprint density at radius 3 is 2.76 bits per heavy atom. The topological polar surface area (TPSA) is 59.8 Å². The van der Waals surface area contributed by atoms with E-state index in [1.165, 1.54) is 0 Å². The molecule has 2 aromatic carbocycles. The van der Waals surface area contributed by atoms with E-state index >= 15 is 0 Å². The lowest BCUT2D eigenvalue weighted by molar-refractivity contribution is -0.122. The Bertz CT molecular complexity index is 926. The Morgan fingerprint density at radius 1 is 1.16 bits per heavy atom. The quantitative estimate of drug-likeness (QED) is 0.687. The van der Waals surface area contributed by atoms with Gasteiger partial charge in [0.25, 0.3) is 5.91 Å². The minimum atomic E-state index is -0.635. The van der Waals surface area contributed by atoms with Crippen LogP contribution in [0, 0.1) is 0 Å². The molecule has 1 aliphatic heterocycles. The highest BCUT2D eigenvalue weighted by Gasteiger charge is 2.31. The van der Waals surface area contributed by atoms with Crippen LogP contribution in [0.1, 0.15) is 23.0 Å². The fourth-order valence-corrected chi connectivity index (χ4v) is 3.30. The van der Waals surface area contributed by atoms with E-state index in [9.17, 15) is 9.59 Å². The van der Waals surface area contributed by atoms with Crippen LogP contribution < -0.4 is 4.90 Å². The second kappa shape index (κ2) is 6.09. The van der Waals surface area contributed by atoms with E-state index in [1.54, 1.807) is 17.0 Å². The Kier molecular flexibility index (Phi) is 3.76. The number of para-hydroxylation sites is 2. The number of nitrogens with zero attached hydrogens (tertiary/aromatic N) is 1. The first-order chi connectivity index (χ1) is 12.1. The first-order valence-corrected chi connectivity index (χ1v) is 8.19. The highest BCUT2D eigenvalue weighted by atomic mass is 16.5. The van der Waals surface area contributed by atoms with Crippen LogP contribution in [0.4, 0.5) is 5.69 Å². The summed E-state index contributed by atoms with van der Waals surface area (Å²) in [6.07, 6.45) is 0.805. The molecule has 4 rings (SSSR count). The molecule has 5 nitrogen and oxygen atoms in total. The number of carbonyl (C=O) groups is 2. The number of ether oxygens (including phenoxy) is 1. The molecule has 5 heteroatoms. The van der Waals surface area contributed by atoms with Crippen LogP contribution in [0.3, 0.4) is 0 Å². The third-order valence-corrected chi connectivity index (χ3v) is 4.43. The van der Waals surface area contributed by atoms with E-state index in [0.29, 0.717) is 5.58 Å². The summed E-state index contributed by atoms with van der Waals surface area (Å²) in [7, 11) is 0. The minimum Gasteiger partial charge on any atom is -0.450 e. The van der Waals surface area contributed by atoms with Gasteiger partial charge in [-0.05, 0) is 37.1 Å². The van der Waals surface area contributed by atoms with Crippen molar-refractivity contribution in [2.45, 2.75) is 19.4 Å². The summed E-state index contributed by atoms with van der Waals surface area (Å²) >= 11 is 0. The highest BCUT2D eigenvalue weighted by Crippen LogP contribution is 2.31. The minimum absolute atomic E-state index is 0.0507. The normalized spacial score (nSPS) is 16.0. The maximum atomic E-state index is 12.5. The molecule has 2 heterocycles. The standard InChI is InChI=1S/C20H17NO4/c1-13-10-14-6-2-4-8-16(14)21(13)19(22)12-24-20(23)18-11-15-7-3-5-9-17(15)25-18/h2-9,11,13H,10,12H2,1H3/t13-/m1/s1. The van der Waals surface area contributed by atoms with Crippen molar-refractivity contribution in [1.29, 1.82) is 0 Å². The van der Waals surface area contributed by atoms with Gasteiger partial charge in [-0.3, -0.25) is 4.79 Å². The van der Waals surface area contributed by atoms with E-state index in [-0.39, 0.29) is 24.3 Å². The lowest BCUT2D eigenvalue weighted by Gasteiger charge is -2.22. The van der Waals surface area contributed by atoms with E-state index in [4.69, 9.17) is 9.15 Å². The van der Waals surface area contributed by atoms with Crippen molar-refractivity contribution in [2.75, 3.05) is 11.5 Å². The fraction of sp³-hybridized carbons (Fsp3) is 0.200. The van der Waals surface area contributed by atoms with Crippen LogP contribution in [-0.2, 0) is 16.0 Å². The third-order valence-electron chi connectivity index (χ3n) is 4.43. The number of benzene rings is 2. The molecule has 3 aromatic rings. The summed E-state index contributed by atoms with van der Waals surface area (Å²) in [5.74, 6) is -0.768. The molecule has 0 fully saturated rings. The average Bonchev–Trinajstić information content (AvgIpc) is 3.19. The zero-order valence-corrected chi connectivity index (χ0v) is 13.8. The van der Waals surface area contributed by atoms with E-state index in [2.05, 4.69) is 0 Å². The lowest BCUT2D eigenvalue weighted by Crippen LogP contribution is -2.38. The molecule has 0 saturated carbocycles. The average molecular weight is 335 g/mol. The van der Waals surface area contributed by atoms with E-state index < -0.39 is 5.97 Å². The van der Waals surface area contributed by atoms with Gasteiger partial charge in [0.05, 0.1) is 0 Å². The smallest absolute Gasteiger partial charge is 0.374 e. The van der Waals surface area contributed by atoms with Gasteiger partial charge in [-0.15, -0.1) is 0 Å². The van der Waals surface area contributed by atoms with Gasteiger partial charge in [0.1, 0.15) is 5.58 Å². The predicted molar refractivity (Wildman–Crippen MR) is 93.6 cm³/mol. The lowest BCUT2D eigenvalue weighted by atomic mass is 10.1. The Labute approximate surface area is 144 Å². The molecule has 0 aliphatic carbocycles. The molecule has 0 unspecified atom stereocenters. The maximum absolute atomic E-state index is 12.5. The monoisotopic (exact) mass is 335 g/mol. The highest BCUT2D eigenvalue weighted by molar-refractivity contribution is 5.99. The van der Waals surface area contributed by atoms with Crippen molar-refractivity contribution in [3.05, 3.63) is 65.9 Å². The number of furan rings is 1. The number of fused-ring (bicyclic) bond motifs is 2. The maximum Gasteiger partial charge on any atom is 0.374 e. The number of carbonyl (C=O) groups excluding carboxylic acids is 2. The van der Waals surface area contributed by atoms with Crippen molar-refractivity contribution in [2.24, 2.45) is 0 Å². The molecule has 0 saturated heterocycles. The molecule has 0 N–H and O–H groups in total. The molecular weight excluding hydrogens is 318 g/mol. The Balaban J connectivity index is 1.46. The van der Waals surface area contributed by atoms with Crippen LogP contribution in [0.5, 0.6) is 0 Å². The number of anilines is 1. The molecule has 126 valence electrons. The number of esters is 1. The number of hydrogen-bond acceptors (Lipinski definition) is 4. The van der Waals surface area contributed by atoms with Gasteiger partial charge in [0, 0.05) is 17.1 Å². The van der Waals surface area contributed by atoms with Crippen LogP contribution >= 0.6 is 0 Å². The van der Waals surface area contributed by atoms with Gasteiger partial charge in [-0.2, -0.15) is 0 Å². The fourth-order valence-electron chi connectivity index (χ4n) is 3.30. The van der Waals surface area contributed by atoms with Gasteiger partial charge >= 0.3 is 5.97 Å². The van der Waals surface area contributed by atoms with Gasteiger partial charge < -0.3 is 14.1 Å². The summed E-state index contributed by atoms with van der Waals surface area (Å²) in [4.78, 5) is 26.4. The second-order valence-corrected chi connectivity index (χ2v) is 6.17. The molecule has 25 heavy (non-hydrogen) atoms. The molecule has 1 aromatic heterocycles. The second-order valence-electron chi connectivity index (χ2n) is 6.17. The van der Waals surface area contributed by atoms with Gasteiger partial charge in [0.15, 0.2) is 6.61 Å². The summed E-state index contributed by atoms with van der Waals surface area (Å²) in [5.41, 5.74) is 2.63. The summed E-state index contributed by atoms with van der Waals surface area (Å²) in [6, 6.07) is 16.8. The van der Waals surface area contributed by atoms with E-state index in [1.807, 2.05) is 49.4 Å². The molecule has 0 radical (unpaired) electrons.